The van der Waals surface area contributed by atoms with Crippen molar-refractivity contribution < 1.29 is 9.15 Å². The van der Waals surface area contributed by atoms with Crippen LogP contribution in [0.4, 0.5) is 0 Å². The molecule has 1 heterocycles. The second kappa shape index (κ2) is 6.05. The fourth-order valence-corrected chi connectivity index (χ4v) is 2.12. The van der Waals surface area contributed by atoms with E-state index in [-0.39, 0.29) is 0 Å². The van der Waals surface area contributed by atoms with Crippen molar-refractivity contribution in [1.29, 1.82) is 0 Å². The van der Waals surface area contributed by atoms with E-state index in [2.05, 4.69) is 15.5 Å². The van der Waals surface area contributed by atoms with Gasteiger partial charge >= 0.3 is 0 Å². The van der Waals surface area contributed by atoms with E-state index < -0.39 is 0 Å². The smallest absolute Gasteiger partial charge is 0.251 e. The molecule has 0 amide bonds. The number of rotatable bonds is 7. The molecule has 1 aromatic carbocycles. The molecule has 1 saturated carbocycles. The third-order valence-corrected chi connectivity index (χ3v) is 3.38. The zero-order chi connectivity index (χ0) is 13.8. The molecule has 20 heavy (non-hydrogen) atoms. The van der Waals surface area contributed by atoms with Crippen LogP contribution in [0.3, 0.4) is 0 Å². The zero-order valence-corrected chi connectivity index (χ0v) is 11.6. The maximum absolute atomic E-state index is 5.70. The van der Waals surface area contributed by atoms with Crippen molar-refractivity contribution in [2.75, 3.05) is 13.7 Å². The first-order chi connectivity index (χ1) is 9.86. The summed E-state index contributed by atoms with van der Waals surface area (Å²) in [6, 6.07) is 8.41. The van der Waals surface area contributed by atoms with Gasteiger partial charge in [0.1, 0.15) is 5.75 Å². The first-order valence-corrected chi connectivity index (χ1v) is 7.06. The summed E-state index contributed by atoms with van der Waals surface area (Å²) in [6.45, 7) is 1.01. The van der Waals surface area contributed by atoms with Crippen LogP contribution in [0.15, 0.2) is 28.7 Å². The SMILES string of the molecule is COc1ccccc1-c1nnc(CCCNC2CC2)o1. The van der Waals surface area contributed by atoms with Gasteiger partial charge in [-0.25, -0.2) is 0 Å². The lowest BCUT2D eigenvalue weighted by Crippen LogP contribution is -2.17. The van der Waals surface area contributed by atoms with Gasteiger partial charge in [-0.2, -0.15) is 0 Å². The van der Waals surface area contributed by atoms with Gasteiger partial charge in [-0.05, 0) is 37.9 Å². The van der Waals surface area contributed by atoms with Gasteiger partial charge in [0.2, 0.25) is 5.89 Å². The molecule has 0 unspecified atom stereocenters. The minimum Gasteiger partial charge on any atom is -0.496 e. The Morgan fingerprint density at radius 3 is 2.95 bits per heavy atom. The molecule has 0 radical (unpaired) electrons. The molecular formula is C15H19N3O2. The maximum atomic E-state index is 5.70. The number of aromatic nitrogens is 2. The number of hydrogen-bond donors (Lipinski definition) is 1. The molecule has 1 aromatic heterocycles. The molecule has 1 fully saturated rings. The quantitative estimate of drug-likeness (QED) is 0.785. The Labute approximate surface area is 118 Å². The second-order valence-corrected chi connectivity index (χ2v) is 5.03. The fraction of sp³-hybridized carbons (Fsp3) is 0.467. The van der Waals surface area contributed by atoms with Gasteiger partial charge in [-0.15, -0.1) is 10.2 Å². The molecule has 1 aliphatic rings. The maximum Gasteiger partial charge on any atom is 0.251 e. The largest absolute Gasteiger partial charge is 0.496 e. The highest BCUT2D eigenvalue weighted by molar-refractivity contribution is 5.62. The van der Waals surface area contributed by atoms with Crippen molar-refractivity contribution in [2.45, 2.75) is 31.7 Å². The number of benzene rings is 1. The highest BCUT2D eigenvalue weighted by Gasteiger charge is 2.19. The number of hydrogen-bond acceptors (Lipinski definition) is 5. The first-order valence-electron chi connectivity index (χ1n) is 7.06. The molecule has 0 atom stereocenters. The van der Waals surface area contributed by atoms with Gasteiger partial charge in [0.15, 0.2) is 0 Å². The molecule has 0 saturated heterocycles. The van der Waals surface area contributed by atoms with E-state index in [9.17, 15) is 0 Å². The Bertz CT molecular complexity index is 564. The van der Waals surface area contributed by atoms with Gasteiger partial charge in [0.05, 0.1) is 12.7 Å². The number of nitrogens with zero attached hydrogens (tertiary/aromatic N) is 2. The van der Waals surface area contributed by atoms with Crippen LogP contribution in [0.2, 0.25) is 0 Å². The van der Waals surface area contributed by atoms with Gasteiger partial charge in [0, 0.05) is 12.5 Å². The monoisotopic (exact) mass is 273 g/mol. The third-order valence-electron chi connectivity index (χ3n) is 3.38. The van der Waals surface area contributed by atoms with E-state index in [4.69, 9.17) is 9.15 Å². The van der Waals surface area contributed by atoms with Crippen LogP contribution in [0.5, 0.6) is 5.75 Å². The normalized spacial score (nSPS) is 14.4. The van der Waals surface area contributed by atoms with E-state index in [1.54, 1.807) is 7.11 Å². The van der Waals surface area contributed by atoms with Crippen LogP contribution in [0.25, 0.3) is 11.5 Å². The lowest BCUT2D eigenvalue weighted by molar-refractivity contribution is 0.413. The second-order valence-electron chi connectivity index (χ2n) is 5.03. The van der Waals surface area contributed by atoms with E-state index in [1.165, 1.54) is 12.8 Å². The summed E-state index contributed by atoms with van der Waals surface area (Å²) < 4.78 is 11.0. The molecular weight excluding hydrogens is 254 g/mol. The van der Waals surface area contributed by atoms with Crippen molar-refractivity contribution in [3.63, 3.8) is 0 Å². The van der Waals surface area contributed by atoms with Gasteiger partial charge in [0.25, 0.3) is 5.89 Å². The summed E-state index contributed by atoms with van der Waals surface area (Å²) in [4.78, 5) is 0. The zero-order valence-electron chi connectivity index (χ0n) is 11.6. The highest BCUT2D eigenvalue weighted by atomic mass is 16.5. The average Bonchev–Trinajstić information content (AvgIpc) is 3.20. The summed E-state index contributed by atoms with van der Waals surface area (Å²) in [7, 11) is 1.64. The van der Waals surface area contributed by atoms with Gasteiger partial charge in [-0.3, -0.25) is 0 Å². The van der Waals surface area contributed by atoms with Crippen molar-refractivity contribution in [3.05, 3.63) is 30.2 Å². The minimum atomic E-state index is 0.521. The number of aryl methyl sites for hydroxylation is 1. The Morgan fingerprint density at radius 1 is 1.30 bits per heavy atom. The number of nitrogens with one attached hydrogen (secondary N) is 1. The third kappa shape index (κ3) is 3.17. The summed E-state index contributed by atoms with van der Waals surface area (Å²) in [5.41, 5.74) is 0.838. The molecule has 106 valence electrons. The Hall–Kier alpha value is -1.88. The van der Waals surface area contributed by atoms with E-state index in [0.717, 1.165) is 36.7 Å². The summed E-state index contributed by atoms with van der Waals surface area (Å²) in [6.07, 6.45) is 4.46. The van der Waals surface area contributed by atoms with Gasteiger partial charge < -0.3 is 14.5 Å². The van der Waals surface area contributed by atoms with Crippen LogP contribution < -0.4 is 10.1 Å². The van der Waals surface area contributed by atoms with Crippen LogP contribution in [-0.4, -0.2) is 29.9 Å². The molecule has 1 N–H and O–H groups in total. The number of methoxy groups -OCH3 is 1. The lowest BCUT2D eigenvalue weighted by Gasteiger charge is -2.03. The Balaban J connectivity index is 1.60. The molecule has 1 aliphatic carbocycles. The number of para-hydroxylation sites is 1. The fourth-order valence-electron chi connectivity index (χ4n) is 2.12. The first kappa shape index (κ1) is 13.1. The van der Waals surface area contributed by atoms with E-state index >= 15 is 0 Å². The van der Waals surface area contributed by atoms with Crippen LogP contribution in [0, 0.1) is 0 Å². The summed E-state index contributed by atoms with van der Waals surface area (Å²) in [5.74, 6) is 1.95. The van der Waals surface area contributed by atoms with Crippen LogP contribution in [0.1, 0.15) is 25.2 Å². The highest BCUT2D eigenvalue weighted by Crippen LogP contribution is 2.28. The van der Waals surface area contributed by atoms with Crippen molar-refractivity contribution in [1.82, 2.24) is 15.5 Å². The molecule has 3 rings (SSSR count). The predicted molar refractivity (Wildman–Crippen MR) is 75.6 cm³/mol. The van der Waals surface area contributed by atoms with Crippen LogP contribution >= 0.6 is 0 Å². The van der Waals surface area contributed by atoms with E-state index in [0.29, 0.717) is 11.8 Å². The molecule has 0 aliphatic heterocycles. The molecule has 0 spiro atoms. The molecule has 0 bridgehead atoms. The van der Waals surface area contributed by atoms with Crippen molar-refractivity contribution >= 4 is 0 Å². The standard InChI is InChI=1S/C15H19N3O2/c1-19-13-6-3-2-5-12(13)15-18-17-14(20-15)7-4-10-16-11-8-9-11/h2-3,5-6,11,16H,4,7-10H2,1H3. The average molecular weight is 273 g/mol. The van der Waals surface area contributed by atoms with E-state index in [1.807, 2.05) is 24.3 Å². The van der Waals surface area contributed by atoms with Crippen LogP contribution in [-0.2, 0) is 6.42 Å². The lowest BCUT2D eigenvalue weighted by atomic mass is 10.2. The minimum absolute atomic E-state index is 0.521. The summed E-state index contributed by atoms with van der Waals surface area (Å²) >= 11 is 0. The molecule has 2 aromatic rings. The number of ether oxygens (including phenoxy) is 1. The van der Waals surface area contributed by atoms with Gasteiger partial charge in [-0.1, -0.05) is 12.1 Å². The summed E-state index contributed by atoms with van der Waals surface area (Å²) in [5, 5.41) is 11.7. The van der Waals surface area contributed by atoms with Crippen molar-refractivity contribution in [3.8, 4) is 17.2 Å². The predicted octanol–water partition coefficient (Wildman–Crippen LogP) is 2.43. The van der Waals surface area contributed by atoms with Crippen molar-refractivity contribution in [2.24, 2.45) is 0 Å². The topological polar surface area (TPSA) is 60.2 Å². The molecule has 5 nitrogen and oxygen atoms in total. The molecule has 5 heteroatoms. The Kier molecular flexibility index (Phi) is 3.97. The Morgan fingerprint density at radius 2 is 2.15 bits per heavy atom.